The number of hydrogen-bond acceptors (Lipinski definition) is 10. The average molecular weight is 688 g/mol. The van der Waals surface area contributed by atoms with Crippen molar-refractivity contribution in [3.63, 3.8) is 0 Å². The van der Waals surface area contributed by atoms with Crippen LogP contribution < -0.4 is 14.8 Å². The summed E-state index contributed by atoms with van der Waals surface area (Å²) in [6.45, 7) is 17.7. The summed E-state index contributed by atoms with van der Waals surface area (Å²) >= 11 is 0. The molecule has 2 aromatic carbocycles. The fourth-order valence-electron chi connectivity index (χ4n) is 5.53. The lowest BCUT2D eigenvalue weighted by Crippen LogP contribution is -2.43. The molecule has 1 aliphatic rings. The zero-order valence-corrected chi connectivity index (χ0v) is 30.2. The summed E-state index contributed by atoms with van der Waals surface area (Å²) < 4.78 is 30.1. The molecule has 12 nitrogen and oxygen atoms in total. The Bertz CT molecular complexity index is 1770. The van der Waals surface area contributed by atoms with Gasteiger partial charge in [-0.3, -0.25) is 9.88 Å². The van der Waals surface area contributed by atoms with Crippen molar-refractivity contribution in [2.24, 2.45) is 0 Å². The largest absolute Gasteiger partial charge is 0.492 e. The number of aromatic nitrogens is 3. The number of hydrogen-bond donors (Lipinski definition) is 1. The van der Waals surface area contributed by atoms with Crippen LogP contribution in [0.4, 0.5) is 9.59 Å². The van der Waals surface area contributed by atoms with Crippen molar-refractivity contribution >= 4 is 23.1 Å². The van der Waals surface area contributed by atoms with Gasteiger partial charge in [-0.15, -0.1) is 0 Å². The van der Waals surface area contributed by atoms with E-state index in [1.54, 1.807) is 12.4 Å². The SMILES string of the molecule is Cc1nn(C(=O)OC(C)(C)C)c2ccc(-c3cncc(OC[C@H](Cc4cccc(OCCN5CCOCC5)c4)NC(=O)OC(C)(C)C)c3)cc12. The third kappa shape index (κ3) is 10.7. The molecule has 1 atom stereocenters. The summed E-state index contributed by atoms with van der Waals surface area (Å²) in [4.78, 5) is 32.4. The maximum atomic E-state index is 12.8. The number of nitrogens with one attached hydrogen (secondary N) is 1. The average Bonchev–Trinajstić information content (AvgIpc) is 3.38. The van der Waals surface area contributed by atoms with E-state index >= 15 is 0 Å². The summed E-state index contributed by atoms with van der Waals surface area (Å²) in [6.07, 6.45) is 2.83. The third-order valence-corrected chi connectivity index (χ3v) is 7.81. The number of morpholine rings is 1. The molecule has 0 bridgehead atoms. The molecule has 4 aromatic rings. The van der Waals surface area contributed by atoms with E-state index < -0.39 is 29.4 Å². The van der Waals surface area contributed by atoms with Crippen LogP contribution in [0.3, 0.4) is 0 Å². The van der Waals surface area contributed by atoms with E-state index in [4.69, 9.17) is 23.7 Å². The van der Waals surface area contributed by atoms with Crippen molar-refractivity contribution in [1.29, 1.82) is 0 Å². The molecule has 1 amide bonds. The molecule has 5 rings (SSSR count). The summed E-state index contributed by atoms with van der Waals surface area (Å²) in [5.41, 5.74) is 2.77. The van der Waals surface area contributed by atoms with Crippen molar-refractivity contribution in [2.45, 2.75) is 72.1 Å². The molecule has 2 aromatic heterocycles. The number of rotatable bonds is 11. The van der Waals surface area contributed by atoms with Crippen LogP contribution >= 0.6 is 0 Å². The van der Waals surface area contributed by atoms with E-state index in [-0.39, 0.29) is 6.61 Å². The topological polar surface area (TPSA) is 126 Å². The highest BCUT2D eigenvalue weighted by Gasteiger charge is 2.23. The van der Waals surface area contributed by atoms with E-state index in [1.807, 2.05) is 97.0 Å². The first-order valence-electron chi connectivity index (χ1n) is 17.0. The molecule has 1 fully saturated rings. The van der Waals surface area contributed by atoms with E-state index in [0.29, 0.717) is 30.0 Å². The fraction of sp³-hybridized carbons (Fsp3) is 0.474. The molecular weight excluding hydrogens is 638 g/mol. The Morgan fingerprint density at radius 1 is 0.900 bits per heavy atom. The van der Waals surface area contributed by atoms with Crippen LogP contribution in [0.5, 0.6) is 11.5 Å². The molecule has 3 heterocycles. The lowest BCUT2D eigenvalue weighted by molar-refractivity contribution is 0.0322. The Labute approximate surface area is 294 Å². The van der Waals surface area contributed by atoms with Crippen molar-refractivity contribution in [3.05, 3.63) is 72.2 Å². The summed E-state index contributed by atoms with van der Waals surface area (Å²) in [5, 5.41) is 8.25. The van der Waals surface area contributed by atoms with Gasteiger partial charge in [-0.1, -0.05) is 18.2 Å². The number of aryl methyl sites for hydroxylation is 1. The molecule has 0 spiro atoms. The van der Waals surface area contributed by atoms with E-state index in [0.717, 1.165) is 60.7 Å². The minimum Gasteiger partial charge on any atom is -0.492 e. The molecule has 0 unspecified atom stereocenters. The van der Waals surface area contributed by atoms with Gasteiger partial charge in [0.25, 0.3) is 0 Å². The minimum absolute atomic E-state index is 0.174. The highest BCUT2D eigenvalue weighted by Crippen LogP contribution is 2.29. The second-order valence-corrected chi connectivity index (χ2v) is 14.4. The van der Waals surface area contributed by atoms with Crippen LogP contribution in [0.2, 0.25) is 0 Å². The number of nitrogens with zero attached hydrogens (tertiary/aromatic N) is 4. The number of pyridine rings is 1. The highest BCUT2D eigenvalue weighted by atomic mass is 16.6. The normalized spacial score (nSPS) is 14.6. The van der Waals surface area contributed by atoms with Gasteiger partial charge in [0, 0.05) is 36.8 Å². The number of carbonyl (C=O) groups excluding carboxylic acids is 2. The monoisotopic (exact) mass is 687 g/mol. The van der Waals surface area contributed by atoms with Gasteiger partial charge >= 0.3 is 12.2 Å². The first-order valence-corrected chi connectivity index (χ1v) is 17.0. The van der Waals surface area contributed by atoms with Gasteiger partial charge in [-0.05, 0) is 96.3 Å². The summed E-state index contributed by atoms with van der Waals surface area (Å²) in [7, 11) is 0. The van der Waals surface area contributed by atoms with Gasteiger partial charge in [0.05, 0.1) is 36.7 Å². The second-order valence-electron chi connectivity index (χ2n) is 14.4. The first kappa shape index (κ1) is 36.6. The maximum Gasteiger partial charge on any atom is 0.435 e. The van der Waals surface area contributed by atoms with Crippen molar-refractivity contribution in [1.82, 2.24) is 25.0 Å². The number of fused-ring (bicyclic) bond motifs is 1. The van der Waals surface area contributed by atoms with Crippen molar-refractivity contribution < 1.29 is 33.3 Å². The van der Waals surface area contributed by atoms with Crippen LogP contribution in [0.15, 0.2) is 60.9 Å². The maximum absolute atomic E-state index is 12.8. The van der Waals surface area contributed by atoms with Gasteiger partial charge in [0.1, 0.15) is 35.9 Å². The Hall–Kier alpha value is -4.68. The summed E-state index contributed by atoms with van der Waals surface area (Å²) in [5.74, 6) is 1.31. The molecule has 1 N–H and O–H groups in total. The molecule has 0 saturated carbocycles. The molecular formula is C38H49N5O7. The van der Waals surface area contributed by atoms with Crippen LogP contribution in [0.1, 0.15) is 52.8 Å². The predicted octanol–water partition coefficient (Wildman–Crippen LogP) is 6.42. The van der Waals surface area contributed by atoms with Gasteiger partial charge in [-0.2, -0.15) is 9.78 Å². The van der Waals surface area contributed by atoms with E-state index in [1.165, 1.54) is 4.68 Å². The molecule has 268 valence electrons. The Morgan fingerprint density at radius 2 is 1.66 bits per heavy atom. The smallest absolute Gasteiger partial charge is 0.435 e. The third-order valence-electron chi connectivity index (χ3n) is 7.81. The number of carbonyl (C=O) groups is 2. The molecule has 1 saturated heterocycles. The number of ether oxygens (including phenoxy) is 5. The molecule has 12 heteroatoms. The Balaban J connectivity index is 1.27. The van der Waals surface area contributed by atoms with E-state index in [9.17, 15) is 9.59 Å². The van der Waals surface area contributed by atoms with Gasteiger partial charge < -0.3 is 29.0 Å². The van der Waals surface area contributed by atoms with Gasteiger partial charge in [0.2, 0.25) is 0 Å². The van der Waals surface area contributed by atoms with Crippen LogP contribution in [-0.4, -0.2) is 95.2 Å². The van der Waals surface area contributed by atoms with Crippen LogP contribution in [0, 0.1) is 6.92 Å². The molecule has 0 radical (unpaired) electrons. The minimum atomic E-state index is -0.648. The first-order chi connectivity index (χ1) is 23.7. The lowest BCUT2D eigenvalue weighted by Gasteiger charge is -2.26. The van der Waals surface area contributed by atoms with Crippen molar-refractivity contribution in [3.8, 4) is 22.6 Å². The van der Waals surface area contributed by atoms with Gasteiger partial charge in [-0.25, -0.2) is 9.59 Å². The zero-order valence-electron chi connectivity index (χ0n) is 30.2. The molecule has 0 aliphatic carbocycles. The number of alkyl carbamates (subject to hydrolysis) is 1. The molecule has 50 heavy (non-hydrogen) atoms. The zero-order chi connectivity index (χ0) is 35.9. The highest BCUT2D eigenvalue weighted by molar-refractivity contribution is 5.92. The second kappa shape index (κ2) is 15.9. The fourth-order valence-corrected chi connectivity index (χ4v) is 5.53. The Morgan fingerprint density at radius 3 is 2.40 bits per heavy atom. The van der Waals surface area contributed by atoms with Crippen LogP contribution in [-0.2, 0) is 20.6 Å². The van der Waals surface area contributed by atoms with E-state index in [2.05, 4.69) is 20.3 Å². The standard InChI is InChI=1S/C38H49N5O7/c1-26-33-22-28(11-12-34(33)43(41-26)36(45)50-38(5,6)7)29-21-32(24-39-23-29)48-25-30(40-35(44)49-37(2,3)4)19-27-9-8-10-31(20-27)47-18-15-42-13-16-46-17-14-42/h8-12,20-24,30H,13-19,25H2,1-7H3,(H,40,44)/t30-/m0/s1. The quantitative estimate of drug-likeness (QED) is 0.189. The predicted molar refractivity (Wildman–Crippen MR) is 191 cm³/mol. The lowest BCUT2D eigenvalue weighted by atomic mass is 10.0. The summed E-state index contributed by atoms with van der Waals surface area (Å²) in [6, 6.07) is 15.1. The molecule has 1 aliphatic heterocycles. The van der Waals surface area contributed by atoms with Crippen LogP contribution in [0.25, 0.3) is 22.0 Å². The number of benzene rings is 2. The Kier molecular flexibility index (Phi) is 11.6. The van der Waals surface area contributed by atoms with Gasteiger partial charge in [0.15, 0.2) is 0 Å². The number of amides is 1. The van der Waals surface area contributed by atoms with Crippen molar-refractivity contribution in [2.75, 3.05) is 46.1 Å².